The summed E-state index contributed by atoms with van der Waals surface area (Å²) in [6, 6.07) is 19.9. The van der Waals surface area contributed by atoms with Gasteiger partial charge in [0.2, 0.25) is 6.54 Å². The van der Waals surface area contributed by atoms with Crippen molar-refractivity contribution in [3.8, 4) is 11.1 Å². The molecule has 0 aliphatic carbocycles. The molecule has 24 heavy (non-hydrogen) atoms. The van der Waals surface area contributed by atoms with E-state index in [1.807, 2.05) is 72.4 Å². The van der Waals surface area contributed by atoms with E-state index in [-0.39, 0.29) is 12.5 Å². The Morgan fingerprint density at radius 1 is 1.04 bits per heavy atom. The van der Waals surface area contributed by atoms with E-state index in [1.54, 1.807) is 0 Å². The summed E-state index contributed by atoms with van der Waals surface area (Å²) in [5.41, 5.74) is 4.15. The highest BCUT2D eigenvalue weighted by atomic mass is 79.9. The zero-order valence-corrected chi connectivity index (χ0v) is 15.0. The maximum Gasteiger partial charge on any atom is 0.290 e. The normalized spacial score (nSPS) is 10.4. The maximum atomic E-state index is 12.3. The molecule has 4 heteroatoms. The Hall–Kier alpha value is -2.46. The third kappa shape index (κ3) is 4.09. The van der Waals surface area contributed by atoms with Crippen LogP contribution in [-0.4, -0.2) is 5.91 Å². The lowest BCUT2D eigenvalue weighted by molar-refractivity contribution is -0.683. The number of rotatable bonds is 4. The van der Waals surface area contributed by atoms with Crippen molar-refractivity contribution in [2.24, 2.45) is 0 Å². The molecule has 3 rings (SSSR count). The summed E-state index contributed by atoms with van der Waals surface area (Å²) in [7, 11) is 0. The van der Waals surface area contributed by atoms with Gasteiger partial charge in [-0.25, -0.2) is 0 Å². The fourth-order valence-electron chi connectivity index (χ4n) is 2.46. The van der Waals surface area contributed by atoms with Crippen LogP contribution >= 0.6 is 15.9 Å². The summed E-state index contributed by atoms with van der Waals surface area (Å²) in [5.74, 6) is -0.0547. The molecular weight excluding hydrogens is 364 g/mol. The van der Waals surface area contributed by atoms with Gasteiger partial charge in [-0.05, 0) is 36.2 Å². The van der Waals surface area contributed by atoms with Gasteiger partial charge in [0.25, 0.3) is 5.91 Å². The van der Waals surface area contributed by atoms with Gasteiger partial charge in [0.1, 0.15) is 0 Å². The fourth-order valence-corrected chi connectivity index (χ4v) is 2.84. The van der Waals surface area contributed by atoms with Gasteiger partial charge >= 0.3 is 0 Å². The number of carbonyl (C=O) groups is 1. The molecule has 0 bridgehead atoms. The minimum absolute atomic E-state index is 0.0547. The molecule has 120 valence electrons. The lowest BCUT2D eigenvalue weighted by Crippen LogP contribution is -2.39. The molecule has 3 nitrogen and oxygen atoms in total. The number of anilines is 1. The third-order valence-corrected chi connectivity index (χ3v) is 4.60. The zero-order chi connectivity index (χ0) is 16.9. The van der Waals surface area contributed by atoms with Crippen molar-refractivity contribution in [3.05, 3.63) is 83.1 Å². The van der Waals surface area contributed by atoms with E-state index in [0.717, 1.165) is 26.9 Å². The molecule has 0 aliphatic rings. The van der Waals surface area contributed by atoms with Gasteiger partial charge < -0.3 is 5.32 Å². The molecule has 2 aromatic carbocycles. The first-order valence-electron chi connectivity index (χ1n) is 7.72. The first-order chi connectivity index (χ1) is 11.6. The van der Waals surface area contributed by atoms with Crippen LogP contribution in [-0.2, 0) is 11.3 Å². The molecule has 1 amide bonds. The Balaban J connectivity index is 1.71. The lowest BCUT2D eigenvalue weighted by Gasteiger charge is -2.06. The number of benzene rings is 2. The molecule has 3 aromatic rings. The van der Waals surface area contributed by atoms with Gasteiger partial charge in [0.15, 0.2) is 12.4 Å². The van der Waals surface area contributed by atoms with E-state index in [0.29, 0.717) is 0 Å². The lowest BCUT2D eigenvalue weighted by atomic mass is 10.1. The molecule has 0 saturated carbocycles. The number of pyridine rings is 1. The average Bonchev–Trinajstić information content (AvgIpc) is 2.59. The van der Waals surface area contributed by atoms with Crippen molar-refractivity contribution in [3.63, 3.8) is 0 Å². The molecule has 1 heterocycles. The van der Waals surface area contributed by atoms with Crippen LogP contribution in [0.1, 0.15) is 5.56 Å². The monoisotopic (exact) mass is 381 g/mol. The molecule has 1 N–H and O–H groups in total. The van der Waals surface area contributed by atoms with Crippen LogP contribution in [0.25, 0.3) is 11.1 Å². The molecule has 0 unspecified atom stereocenters. The molecular formula is C20H18BrN2O+. The van der Waals surface area contributed by atoms with Gasteiger partial charge in [0, 0.05) is 21.8 Å². The highest BCUT2D eigenvalue weighted by Gasteiger charge is 2.11. The van der Waals surface area contributed by atoms with Gasteiger partial charge in [-0.1, -0.05) is 52.3 Å². The van der Waals surface area contributed by atoms with Crippen LogP contribution < -0.4 is 9.88 Å². The SMILES string of the molecule is Cc1ccc(NC(=O)C[n+]2cccc(-c3ccccc3)c2)cc1Br. The summed E-state index contributed by atoms with van der Waals surface area (Å²) in [4.78, 5) is 12.3. The van der Waals surface area contributed by atoms with Crippen LogP contribution in [0.3, 0.4) is 0 Å². The second-order valence-electron chi connectivity index (χ2n) is 5.64. The van der Waals surface area contributed by atoms with Gasteiger partial charge in [0.05, 0.1) is 0 Å². The van der Waals surface area contributed by atoms with E-state index in [4.69, 9.17) is 0 Å². The van der Waals surface area contributed by atoms with Crippen LogP contribution in [0.4, 0.5) is 5.69 Å². The average molecular weight is 382 g/mol. The van der Waals surface area contributed by atoms with E-state index in [2.05, 4.69) is 33.4 Å². The Morgan fingerprint density at radius 3 is 2.54 bits per heavy atom. The number of aromatic nitrogens is 1. The number of hydrogen-bond donors (Lipinski definition) is 1. The van der Waals surface area contributed by atoms with Crippen LogP contribution in [0.15, 0.2) is 77.5 Å². The molecule has 0 fully saturated rings. The summed E-state index contributed by atoms with van der Waals surface area (Å²) in [5, 5.41) is 2.93. The predicted octanol–water partition coefficient (Wildman–Crippen LogP) is 4.35. The Labute approximate surface area is 150 Å². The third-order valence-electron chi connectivity index (χ3n) is 3.75. The smallest absolute Gasteiger partial charge is 0.290 e. The summed E-state index contributed by atoms with van der Waals surface area (Å²) in [6.45, 7) is 2.28. The van der Waals surface area contributed by atoms with Crippen molar-refractivity contribution in [2.75, 3.05) is 5.32 Å². The first kappa shape index (κ1) is 16.4. The van der Waals surface area contributed by atoms with Crippen molar-refractivity contribution in [1.82, 2.24) is 0 Å². The quantitative estimate of drug-likeness (QED) is 0.669. The summed E-state index contributed by atoms with van der Waals surface area (Å²) < 4.78 is 2.87. The minimum Gasteiger partial charge on any atom is -0.321 e. The Kier molecular flexibility index (Phi) is 5.06. The number of nitrogens with one attached hydrogen (secondary N) is 1. The topological polar surface area (TPSA) is 33.0 Å². The second kappa shape index (κ2) is 7.41. The molecule has 0 atom stereocenters. The molecule has 1 aromatic heterocycles. The number of halogens is 1. The highest BCUT2D eigenvalue weighted by molar-refractivity contribution is 9.10. The number of hydrogen-bond acceptors (Lipinski definition) is 1. The Bertz CT molecular complexity index is 863. The maximum absolute atomic E-state index is 12.3. The second-order valence-corrected chi connectivity index (χ2v) is 6.50. The highest BCUT2D eigenvalue weighted by Crippen LogP contribution is 2.20. The van der Waals surface area contributed by atoms with Gasteiger partial charge in [-0.2, -0.15) is 4.57 Å². The largest absolute Gasteiger partial charge is 0.321 e. The summed E-state index contributed by atoms with van der Waals surface area (Å²) >= 11 is 3.48. The predicted molar refractivity (Wildman–Crippen MR) is 99.6 cm³/mol. The molecule has 0 spiro atoms. The summed E-state index contributed by atoms with van der Waals surface area (Å²) in [6.07, 6.45) is 3.89. The number of aryl methyl sites for hydroxylation is 1. The van der Waals surface area contributed by atoms with Crippen LogP contribution in [0, 0.1) is 6.92 Å². The van der Waals surface area contributed by atoms with Crippen molar-refractivity contribution < 1.29 is 9.36 Å². The minimum atomic E-state index is -0.0547. The van der Waals surface area contributed by atoms with Gasteiger partial charge in [-0.15, -0.1) is 0 Å². The van der Waals surface area contributed by atoms with Crippen molar-refractivity contribution in [1.29, 1.82) is 0 Å². The number of amides is 1. The number of carbonyl (C=O) groups excluding carboxylic acids is 1. The van der Waals surface area contributed by atoms with E-state index in [9.17, 15) is 4.79 Å². The zero-order valence-electron chi connectivity index (χ0n) is 13.4. The van der Waals surface area contributed by atoms with Crippen molar-refractivity contribution in [2.45, 2.75) is 13.5 Å². The standard InChI is InChI=1S/C20H17BrN2O/c1-15-9-10-18(12-19(15)21)22-20(24)14-23-11-5-8-17(13-23)16-6-3-2-4-7-16/h2-13H,14H2,1H3/p+1. The molecule has 0 radical (unpaired) electrons. The van der Waals surface area contributed by atoms with Crippen LogP contribution in [0.2, 0.25) is 0 Å². The van der Waals surface area contributed by atoms with Gasteiger partial charge in [-0.3, -0.25) is 4.79 Å². The van der Waals surface area contributed by atoms with E-state index in [1.165, 1.54) is 0 Å². The fraction of sp³-hybridized carbons (Fsp3) is 0.100. The molecule has 0 aliphatic heterocycles. The van der Waals surface area contributed by atoms with Crippen LogP contribution in [0.5, 0.6) is 0 Å². The van der Waals surface area contributed by atoms with Crippen molar-refractivity contribution >= 4 is 27.5 Å². The van der Waals surface area contributed by atoms with E-state index >= 15 is 0 Å². The first-order valence-corrected chi connectivity index (χ1v) is 8.52. The Morgan fingerprint density at radius 2 is 1.79 bits per heavy atom. The molecule has 0 saturated heterocycles. The van der Waals surface area contributed by atoms with E-state index < -0.39 is 0 Å². The number of nitrogens with zero attached hydrogens (tertiary/aromatic N) is 1.